The molecule has 2 nitrogen and oxygen atoms in total. The van der Waals surface area contributed by atoms with Gasteiger partial charge in [0.1, 0.15) is 0 Å². The van der Waals surface area contributed by atoms with Gasteiger partial charge in [-0.2, -0.15) is 0 Å². The minimum atomic E-state index is 0.616. The third-order valence-electron chi connectivity index (χ3n) is 4.85. The Kier molecular flexibility index (Phi) is 4.13. The number of nitrogens with two attached hydrogens (primary N) is 1. The van der Waals surface area contributed by atoms with Gasteiger partial charge in [0.15, 0.2) is 0 Å². The highest BCUT2D eigenvalue weighted by atomic mass is 79.9. The molecule has 1 saturated carbocycles. The summed E-state index contributed by atoms with van der Waals surface area (Å²) in [6.45, 7) is 1.81. The van der Waals surface area contributed by atoms with Crippen LogP contribution in [0, 0.1) is 5.92 Å². The van der Waals surface area contributed by atoms with Crippen LogP contribution >= 0.6 is 15.9 Å². The highest BCUT2D eigenvalue weighted by molar-refractivity contribution is 9.10. The standard InChI is InChI=1S/C16H23BrN2/c17-14-7-3-8-16(13(14)11-18)19-10-4-9-15(19)12-5-1-2-6-12/h3,7-8,12,15H,1-2,4-6,9-11,18H2. The summed E-state index contributed by atoms with van der Waals surface area (Å²) in [4.78, 5) is 2.64. The maximum absolute atomic E-state index is 5.96. The van der Waals surface area contributed by atoms with Crippen LogP contribution in [0.4, 0.5) is 5.69 Å². The second-order valence-electron chi connectivity index (χ2n) is 5.89. The maximum Gasteiger partial charge on any atom is 0.0425 e. The topological polar surface area (TPSA) is 29.3 Å². The highest BCUT2D eigenvalue weighted by Gasteiger charge is 2.34. The SMILES string of the molecule is NCc1c(Br)cccc1N1CCCC1C1CCCC1. The molecule has 104 valence electrons. The van der Waals surface area contributed by atoms with Gasteiger partial charge in [-0.3, -0.25) is 0 Å². The summed E-state index contributed by atoms with van der Waals surface area (Å²) in [5.74, 6) is 0.909. The van der Waals surface area contributed by atoms with Crippen LogP contribution in [0.3, 0.4) is 0 Å². The van der Waals surface area contributed by atoms with Gasteiger partial charge in [-0.15, -0.1) is 0 Å². The van der Waals surface area contributed by atoms with Crippen LogP contribution in [0.2, 0.25) is 0 Å². The number of rotatable bonds is 3. The smallest absolute Gasteiger partial charge is 0.0425 e. The third-order valence-corrected chi connectivity index (χ3v) is 5.59. The van der Waals surface area contributed by atoms with Crippen molar-refractivity contribution < 1.29 is 0 Å². The van der Waals surface area contributed by atoms with E-state index >= 15 is 0 Å². The molecule has 0 aromatic heterocycles. The van der Waals surface area contributed by atoms with Crippen molar-refractivity contribution in [2.24, 2.45) is 11.7 Å². The van der Waals surface area contributed by atoms with E-state index in [1.54, 1.807) is 0 Å². The number of nitrogens with zero attached hydrogens (tertiary/aromatic N) is 1. The summed E-state index contributed by atoms with van der Waals surface area (Å²) >= 11 is 3.65. The monoisotopic (exact) mass is 322 g/mol. The molecule has 3 heteroatoms. The normalized spacial score (nSPS) is 24.3. The quantitative estimate of drug-likeness (QED) is 0.909. The third kappa shape index (κ3) is 2.55. The number of anilines is 1. The van der Waals surface area contributed by atoms with E-state index in [0.29, 0.717) is 6.54 Å². The molecule has 2 fully saturated rings. The molecule has 2 aliphatic rings. The van der Waals surface area contributed by atoms with Crippen LogP contribution in [0.1, 0.15) is 44.1 Å². The van der Waals surface area contributed by atoms with Gasteiger partial charge in [0.2, 0.25) is 0 Å². The second kappa shape index (κ2) is 5.84. The van der Waals surface area contributed by atoms with Crippen molar-refractivity contribution in [1.29, 1.82) is 0 Å². The lowest BCUT2D eigenvalue weighted by Gasteiger charge is -2.33. The van der Waals surface area contributed by atoms with Crippen molar-refractivity contribution >= 4 is 21.6 Å². The minimum Gasteiger partial charge on any atom is -0.368 e. The van der Waals surface area contributed by atoms with E-state index in [0.717, 1.165) is 16.4 Å². The fourth-order valence-corrected chi connectivity index (χ4v) is 4.46. The number of hydrogen-bond acceptors (Lipinski definition) is 2. The Balaban J connectivity index is 1.89. The van der Waals surface area contributed by atoms with Gasteiger partial charge < -0.3 is 10.6 Å². The number of hydrogen-bond donors (Lipinski definition) is 1. The van der Waals surface area contributed by atoms with Crippen LogP contribution in [-0.4, -0.2) is 12.6 Å². The van der Waals surface area contributed by atoms with E-state index in [1.165, 1.54) is 56.3 Å². The van der Waals surface area contributed by atoms with E-state index in [9.17, 15) is 0 Å². The lowest BCUT2D eigenvalue weighted by Crippen LogP contribution is -2.35. The van der Waals surface area contributed by atoms with E-state index in [2.05, 4.69) is 39.0 Å². The van der Waals surface area contributed by atoms with Crippen LogP contribution in [-0.2, 0) is 6.54 Å². The predicted octanol–water partition coefficient (Wildman–Crippen LogP) is 4.07. The van der Waals surface area contributed by atoms with Crippen LogP contribution in [0.5, 0.6) is 0 Å². The lowest BCUT2D eigenvalue weighted by molar-refractivity contribution is 0.430. The van der Waals surface area contributed by atoms with Crippen molar-refractivity contribution in [2.75, 3.05) is 11.4 Å². The van der Waals surface area contributed by atoms with Crippen LogP contribution < -0.4 is 10.6 Å². The fraction of sp³-hybridized carbons (Fsp3) is 0.625. The molecule has 1 aliphatic heterocycles. The first-order valence-corrected chi connectivity index (χ1v) is 8.34. The molecule has 3 rings (SSSR count). The average molecular weight is 323 g/mol. The second-order valence-corrected chi connectivity index (χ2v) is 6.74. The molecule has 1 unspecified atom stereocenters. The molecule has 1 saturated heterocycles. The molecule has 19 heavy (non-hydrogen) atoms. The molecule has 2 N–H and O–H groups in total. The zero-order chi connectivity index (χ0) is 13.2. The maximum atomic E-state index is 5.96. The Labute approximate surface area is 124 Å². The Bertz CT molecular complexity index is 440. The Morgan fingerprint density at radius 1 is 1.16 bits per heavy atom. The van der Waals surface area contributed by atoms with Gasteiger partial charge in [0.05, 0.1) is 0 Å². The molecule has 1 aromatic carbocycles. The summed E-state index contributed by atoms with van der Waals surface area (Å²) in [7, 11) is 0. The number of benzene rings is 1. The van der Waals surface area contributed by atoms with Crippen molar-refractivity contribution in [1.82, 2.24) is 0 Å². The molecule has 0 bridgehead atoms. The van der Waals surface area contributed by atoms with Crippen molar-refractivity contribution in [3.8, 4) is 0 Å². The van der Waals surface area contributed by atoms with E-state index < -0.39 is 0 Å². The molecular weight excluding hydrogens is 300 g/mol. The first-order valence-electron chi connectivity index (χ1n) is 7.55. The first kappa shape index (κ1) is 13.4. The van der Waals surface area contributed by atoms with E-state index in [1.807, 2.05) is 0 Å². The Morgan fingerprint density at radius 3 is 2.68 bits per heavy atom. The zero-order valence-corrected chi connectivity index (χ0v) is 13.0. The summed E-state index contributed by atoms with van der Waals surface area (Å²) in [6, 6.07) is 7.25. The van der Waals surface area contributed by atoms with Crippen LogP contribution in [0.15, 0.2) is 22.7 Å². The largest absolute Gasteiger partial charge is 0.368 e. The highest BCUT2D eigenvalue weighted by Crippen LogP contribution is 2.39. The van der Waals surface area contributed by atoms with Gasteiger partial charge in [-0.25, -0.2) is 0 Å². The van der Waals surface area contributed by atoms with Crippen LogP contribution in [0.25, 0.3) is 0 Å². The van der Waals surface area contributed by atoms with E-state index in [4.69, 9.17) is 5.73 Å². The first-order chi connectivity index (χ1) is 9.31. The van der Waals surface area contributed by atoms with Crippen molar-refractivity contribution in [3.05, 3.63) is 28.2 Å². The van der Waals surface area contributed by atoms with Gasteiger partial charge >= 0.3 is 0 Å². The molecule has 1 atom stereocenters. The Morgan fingerprint density at radius 2 is 1.95 bits per heavy atom. The molecule has 1 aromatic rings. The molecule has 0 spiro atoms. The minimum absolute atomic E-state index is 0.616. The molecule has 0 radical (unpaired) electrons. The van der Waals surface area contributed by atoms with E-state index in [-0.39, 0.29) is 0 Å². The number of halogens is 1. The zero-order valence-electron chi connectivity index (χ0n) is 11.4. The lowest BCUT2D eigenvalue weighted by atomic mass is 9.95. The van der Waals surface area contributed by atoms with Gasteiger partial charge in [0.25, 0.3) is 0 Å². The van der Waals surface area contributed by atoms with Gasteiger partial charge in [-0.1, -0.05) is 34.8 Å². The summed E-state index contributed by atoms with van der Waals surface area (Å²) in [6.07, 6.45) is 8.40. The Hall–Kier alpha value is -0.540. The molecular formula is C16H23BrN2. The van der Waals surface area contributed by atoms with Crippen molar-refractivity contribution in [2.45, 2.75) is 51.1 Å². The fourth-order valence-electron chi connectivity index (χ4n) is 3.94. The summed E-state index contributed by atoms with van der Waals surface area (Å²) < 4.78 is 1.16. The summed E-state index contributed by atoms with van der Waals surface area (Å²) in [5, 5.41) is 0. The molecule has 1 heterocycles. The van der Waals surface area contributed by atoms with Gasteiger partial charge in [0, 0.05) is 34.9 Å². The van der Waals surface area contributed by atoms with Crippen molar-refractivity contribution in [3.63, 3.8) is 0 Å². The predicted molar refractivity (Wildman–Crippen MR) is 84.4 cm³/mol. The molecule has 0 amide bonds. The molecule has 1 aliphatic carbocycles. The van der Waals surface area contributed by atoms with Gasteiger partial charge in [-0.05, 0) is 43.7 Å². The average Bonchev–Trinajstić information content (AvgIpc) is 3.09. The summed E-state index contributed by atoms with van der Waals surface area (Å²) in [5.41, 5.74) is 8.60.